The van der Waals surface area contributed by atoms with Crippen LogP contribution in [0.5, 0.6) is 0 Å². The molecule has 0 atom stereocenters. The van der Waals surface area contributed by atoms with Crippen LogP contribution in [0.25, 0.3) is 10.8 Å². The highest BCUT2D eigenvalue weighted by Crippen LogP contribution is 2.31. The van der Waals surface area contributed by atoms with Crippen LogP contribution < -0.4 is 9.62 Å². The highest BCUT2D eigenvalue weighted by Gasteiger charge is 2.19. The van der Waals surface area contributed by atoms with Gasteiger partial charge in [0.2, 0.25) is 0 Å². The van der Waals surface area contributed by atoms with Crippen LogP contribution in [-0.2, 0) is 10.0 Å². The molecule has 3 aromatic rings. The molecule has 0 unspecified atom stereocenters. The molecule has 0 radical (unpaired) electrons. The number of fused-ring (bicyclic) bond motifs is 1. The van der Waals surface area contributed by atoms with Gasteiger partial charge in [0.15, 0.2) is 0 Å². The standard InChI is InChI=1S/C18H18N2O2S/c1-20(2)17-12-13-18(16-11-7-6-10-15(16)17)23(21,22)19-14-8-4-3-5-9-14/h3-13,19H,1-2H3. The third kappa shape index (κ3) is 3.00. The number of nitrogens with zero attached hydrogens (tertiary/aromatic N) is 1. The molecule has 3 rings (SSSR count). The fraction of sp³-hybridized carbons (Fsp3) is 0.111. The zero-order chi connectivity index (χ0) is 16.4. The second-order valence-corrected chi connectivity index (χ2v) is 7.15. The highest BCUT2D eigenvalue weighted by molar-refractivity contribution is 7.93. The van der Waals surface area contributed by atoms with Crippen LogP contribution in [0.15, 0.2) is 71.6 Å². The van der Waals surface area contributed by atoms with Gasteiger partial charge < -0.3 is 4.90 Å². The zero-order valence-electron chi connectivity index (χ0n) is 13.0. The third-order valence-corrected chi connectivity index (χ3v) is 5.10. The molecule has 3 aromatic carbocycles. The molecule has 0 aliphatic heterocycles. The van der Waals surface area contributed by atoms with Crippen molar-refractivity contribution in [2.75, 3.05) is 23.7 Å². The highest BCUT2D eigenvalue weighted by atomic mass is 32.2. The van der Waals surface area contributed by atoms with Crippen molar-refractivity contribution in [3.63, 3.8) is 0 Å². The Bertz CT molecular complexity index is 936. The summed E-state index contributed by atoms with van der Waals surface area (Å²) in [5, 5.41) is 1.62. The van der Waals surface area contributed by atoms with Crippen LogP contribution in [0.1, 0.15) is 0 Å². The molecule has 0 fully saturated rings. The average molecular weight is 326 g/mol. The molecule has 0 heterocycles. The predicted octanol–water partition coefficient (Wildman–Crippen LogP) is 3.71. The molecular weight excluding hydrogens is 308 g/mol. The maximum atomic E-state index is 12.8. The summed E-state index contributed by atoms with van der Waals surface area (Å²) in [6.07, 6.45) is 0. The minimum Gasteiger partial charge on any atom is -0.377 e. The van der Waals surface area contributed by atoms with Gasteiger partial charge in [0, 0.05) is 36.2 Å². The molecular formula is C18H18N2O2S. The minimum absolute atomic E-state index is 0.280. The molecule has 0 aliphatic rings. The maximum absolute atomic E-state index is 12.8. The first kappa shape index (κ1) is 15.4. The Hall–Kier alpha value is -2.53. The van der Waals surface area contributed by atoms with Gasteiger partial charge in [-0.2, -0.15) is 0 Å². The van der Waals surface area contributed by atoms with Gasteiger partial charge in [-0.15, -0.1) is 0 Å². The third-order valence-electron chi connectivity index (χ3n) is 3.66. The zero-order valence-corrected chi connectivity index (χ0v) is 13.8. The van der Waals surface area contributed by atoms with Crippen LogP contribution in [0.3, 0.4) is 0 Å². The van der Waals surface area contributed by atoms with E-state index in [1.165, 1.54) is 0 Å². The Morgan fingerprint density at radius 3 is 2.04 bits per heavy atom. The Labute approximate surface area is 136 Å². The van der Waals surface area contributed by atoms with E-state index in [1.807, 2.05) is 55.4 Å². The fourth-order valence-corrected chi connectivity index (χ4v) is 3.87. The number of hydrogen-bond donors (Lipinski definition) is 1. The monoisotopic (exact) mass is 326 g/mol. The summed E-state index contributed by atoms with van der Waals surface area (Å²) in [6.45, 7) is 0. The molecule has 0 aliphatic carbocycles. The molecule has 0 amide bonds. The molecule has 4 nitrogen and oxygen atoms in total. The SMILES string of the molecule is CN(C)c1ccc(S(=O)(=O)Nc2ccccc2)c2ccccc12. The van der Waals surface area contributed by atoms with E-state index >= 15 is 0 Å². The van der Waals surface area contributed by atoms with Crippen molar-refractivity contribution in [2.45, 2.75) is 4.90 Å². The summed E-state index contributed by atoms with van der Waals surface area (Å²) in [5.74, 6) is 0. The lowest BCUT2D eigenvalue weighted by Crippen LogP contribution is -2.15. The lowest BCUT2D eigenvalue weighted by atomic mass is 10.1. The molecule has 5 heteroatoms. The Kier molecular flexibility index (Phi) is 3.96. The van der Waals surface area contributed by atoms with Crippen molar-refractivity contribution in [1.82, 2.24) is 0 Å². The van der Waals surface area contributed by atoms with E-state index in [0.717, 1.165) is 11.1 Å². The predicted molar refractivity (Wildman–Crippen MR) is 95.5 cm³/mol. The molecule has 1 N–H and O–H groups in total. The molecule has 23 heavy (non-hydrogen) atoms. The van der Waals surface area contributed by atoms with E-state index in [9.17, 15) is 8.42 Å². The smallest absolute Gasteiger partial charge is 0.262 e. The molecule has 0 aromatic heterocycles. The van der Waals surface area contributed by atoms with Gasteiger partial charge in [0.05, 0.1) is 4.90 Å². The maximum Gasteiger partial charge on any atom is 0.262 e. The topological polar surface area (TPSA) is 49.4 Å². The molecule has 0 bridgehead atoms. The average Bonchev–Trinajstić information content (AvgIpc) is 2.54. The Balaban J connectivity index is 2.15. The quantitative estimate of drug-likeness (QED) is 0.795. The van der Waals surface area contributed by atoms with E-state index in [0.29, 0.717) is 11.1 Å². The summed E-state index contributed by atoms with van der Waals surface area (Å²) in [7, 11) is 0.234. The van der Waals surface area contributed by atoms with Crippen molar-refractivity contribution in [3.8, 4) is 0 Å². The number of anilines is 2. The van der Waals surface area contributed by atoms with Crippen molar-refractivity contribution >= 4 is 32.2 Å². The van der Waals surface area contributed by atoms with Crippen molar-refractivity contribution in [2.24, 2.45) is 0 Å². The summed E-state index contributed by atoms with van der Waals surface area (Å²) in [5.41, 5.74) is 1.53. The van der Waals surface area contributed by atoms with Gasteiger partial charge in [-0.05, 0) is 24.3 Å². The first-order valence-corrected chi connectivity index (χ1v) is 8.74. The van der Waals surface area contributed by atoms with Gasteiger partial charge >= 0.3 is 0 Å². The largest absolute Gasteiger partial charge is 0.377 e. The van der Waals surface area contributed by atoms with Gasteiger partial charge in [-0.3, -0.25) is 4.72 Å². The number of nitrogens with one attached hydrogen (secondary N) is 1. The second kappa shape index (κ2) is 5.93. The lowest BCUT2D eigenvalue weighted by Gasteiger charge is -2.18. The lowest BCUT2D eigenvalue weighted by molar-refractivity contribution is 0.602. The van der Waals surface area contributed by atoms with Crippen LogP contribution in [0.2, 0.25) is 0 Å². The van der Waals surface area contributed by atoms with Crippen LogP contribution in [0, 0.1) is 0 Å². The van der Waals surface area contributed by atoms with Gasteiger partial charge in [0.1, 0.15) is 0 Å². The number of rotatable bonds is 4. The van der Waals surface area contributed by atoms with Crippen molar-refractivity contribution in [3.05, 3.63) is 66.7 Å². The van der Waals surface area contributed by atoms with E-state index in [1.54, 1.807) is 30.3 Å². The second-order valence-electron chi connectivity index (χ2n) is 5.49. The molecule has 0 spiro atoms. The van der Waals surface area contributed by atoms with Gasteiger partial charge in [0.25, 0.3) is 10.0 Å². The minimum atomic E-state index is -3.65. The molecule has 118 valence electrons. The number of hydrogen-bond acceptors (Lipinski definition) is 3. The van der Waals surface area contributed by atoms with Gasteiger partial charge in [-0.25, -0.2) is 8.42 Å². The van der Waals surface area contributed by atoms with Crippen LogP contribution in [-0.4, -0.2) is 22.5 Å². The Morgan fingerprint density at radius 1 is 0.783 bits per heavy atom. The molecule has 0 saturated heterocycles. The van der Waals surface area contributed by atoms with Crippen LogP contribution in [0.4, 0.5) is 11.4 Å². The first-order valence-electron chi connectivity index (χ1n) is 7.26. The first-order chi connectivity index (χ1) is 11.0. The van der Waals surface area contributed by atoms with Crippen molar-refractivity contribution in [1.29, 1.82) is 0 Å². The number of para-hydroxylation sites is 1. The summed E-state index contributed by atoms with van der Waals surface area (Å²) < 4.78 is 28.2. The summed E-state index contributed by atoms with van der Waals surface area (Å²) in [4.78, 5) is 2.26. The van der Waals surface area contributed by atoms with Crippen molar-refractivity contribution < 1.29 is 8.42 Å². The normalized spacial score (nSPS) is 11.4. The van der Waals surface area contributed by atoms with E-state index in [-0.39, 0.29) is 4.90 Å². The number of sulfonamides is 1. The van der Waals surface area contributed by atoms with Gasteiger partial charge in [-0.1, -0.05) is 42.5 Å². The summed E-state index contributed by atoms with van der Waals surface area (Å²) >= 11 is 0. The summed E-state index contributed by atoms with van der Waals surface area (Å²) in [6, 6.07) is 19.9. The van der Waals surface area contributed by atoms with E-state index in [2.05, 4.69) is 4.72 Å². The van der Waals surface area contributed by atoms with E-state index in [4.69, 9.17) is 0 Å². The fourth-order valence-electron chi connectivity index (χ4n) is 2.60. The molecule has 0 saturated carbocycles. The van der Waals surface area contributed by atoms with Crippen LogP contribution >= 0.6 is 0 Å². The Morgan fingerprint density at radius 2 is 1.39 bits per heavy atom. The van der Waals surface area contributed by atoms with E-state index < -0.39 is 10.0 Å². The number of benzene rings is 3.